The van der Waals surface area contributed by atoms with E-state index in [1.165, 1.54) is 0 Å². The van der Waals surface area contributed by atoms with Crippen LogP contribution < -0.4 is 5.32 Å². The van der Waals surface area contributed by atoms with E-state index in [0.29, 0.717) is 23.6 Å². The van der Waals surface area contributed by atoms with Crippen LogP contribution in [-0.4, -0.2) is 28.7 Å². The number of hydrogen-bond acceptors (Lipinski definition) is 3. The van der Waals surface area contributed by atoms with Gasteiger partial charge in [0.2, 0.25) is 17.7 Å². The van der Waals surface area contributed by atoms with Gasteiger partial charge in [0.1, 0.15) is 6.04 Å². The molecule has 1 fully saturated rings. The summed E-state index contributed by atoms with van der Waals surface area (Å²) in [5.41, 5.74) is 0.608. The first-order valence-electron chi connectivity index (χ1n) is 7.66. The van der Waals surface area contributed by atoms with Crippen molar-refractivity contribution in [2.75, 3.05) is 5.32 Å². The molecule has 126 valence electrons. The average Bonchev–Trinajstić information content (AvgIpc) is 2.79. The number of carbonyl (C=O) groups excluding carboxylic acids is 3. The molecule has 3 rings (SSSR count). The Hall–Kier alpha value is -1.66. The number of amides is 3. The third kappa shape index (κ3) is 3.13. The number of imide groups is 1. The van der Waals surface area contributed by atoms with E-state index in [1.807, 2.05) is 0 Å². The Labute approximate surface area is 153 Å². The zero-order valence-corrected chi connectivity index (χ0v) is 15.3. The second-order valence-electron chi connectivity index (χ2n) is 6.02. The van der Waals surface area contributed by atoms with Gasteiger partial charge in [0.05, 0.1) is 11.8 Å². The molecule has 2 aliphatic rings. The van der Waals surface area contributed by atoms with Crippen molar-refractivity contribution >= 4 is 50.9 Å². The highest BCUT2D eigenvalue weighted by Crippen LogP contribution is 2.39. The molecule has 1 aromatic rings. The summed E-state index contributed by atoms with van der Waals surface area (Å²) in [6.07, 6.45) is 2.60. The predicted molar refractivity (Wildman–Crippen MR) is 94.2 cm³/mol. The van der Waals surface area contributed by atoms with Crippen LogP contribution in [0.3, 0.4) is 0 Å². The van der Waals surface area contributed by atoms with Gasteiger partial charge in [0.15, 0.2) is 0 Å². The molecule has 1 N–H and O–H groups in total. The van der Waals surface area contributed by atoms with Crippen LogP contribution in [0.1, 0.15) is 19.8 Å². The monoisotopic (exact) mass is 410 g/mol. The van der Waals surface area contributed by atoms with Gasteiger partial charge < -0.3 is 5.32 Å². The van der Waals surface area contributed by atoms with Crippen LogP contribution in [-0.2, 0) is 14.4 Å². The van der Waals surface area contributed by atoms with Crippen LogP contribution in [0.15, 0.2) is 39.8 Å². The molecule has 3 atom stereocenters. The first-order valence-corrected chi connectivity index (χ1v) is 8.83. The molecule has 0 radical (unpaired) electrons. The number of halogens is 2. The summed E-state index contributed by atoms with van der Waals surface area (Å²) >= 11 is 9.33. The van der Waals surface area contributed by atoms with Crippen LogP contribution in [0, 0.1) is 11.8 Å². The Kier molecular flexibility index (Phi) is 4.78. The molecule has 1 heterocycles. The molecule has 1 aliphatic carbocycles. The van der Waals surface area contributed by atoms with E-state index in [2.05, 4.69) is 21.2 Å². The van der Waals surface area contributed by atoms with Crippen LogP contribution in [0.4, 0.5) is 5.69 Å². The van der Waals surface area contributed by atoms with Gasteiger partial charge in [-0.05, 0) is 44.0 Å². The van der Waals surface area contributed by atoms with Crippen molar-refractivity contribution < 1.29 is 14.4 Å². The zero-order chi connectivity index (χ0) is 17.4. The lowest BCUT2D eigenvalue weighted by Crippen LogP contribution is -2.46. The lowest BCUT2D eigenvalue weighted by atomic mass is 9.85. The minimum absolute atomic E-state index is 0.288. The maximum absolute atomic E-state index is 12.6. The van der Waals surface area contributed by atoms with E-state index < -0.39 is 23.8 Å². The summed E-state index contributed by atoms with van der Waals surface area (Å²) in [4.78, 5) is 38.6. The number of likely N-dealkylation sites (tertiary alicyclic amines) is 1. The molecule has 1 aliphatic heterocycles. The van der Waals surface area contributed by atoms with Crippen LogP contribution in [0.5, 0.6) is 0 Å². The third-order valence-corrected chi connectivity index (χ3v) is 5.32. The summed E-state index contributed by atoms with van der Waals surface area (Å²) in [5.74, 6) is -1.84. The first kappa shape index (κ1) is 17.2. The summed E-state index contributed by atoms with van der Waals surface area (Å²) in [5, 5.41) is 3.34. The molecular formula is C17H16BrClN2O3. The zero-order valence-electron chi connectivity index (χ0n) is 13.0. The molecule has 24 heavy (non-hydrogen) atoms. The smallest absolute Gasteiger partial charge is 0.247 e. The predicted octanol–water partition coefficient (Wildman–Crippen LogP) is 3.29. The van der Waals surface area contributed by atoms with Gasteiger partial charge in [-0.3, -0.25) is 19.3 Å². The van der Waals surface area contributed by atoms with E-state index in [-0.39, 0.29) is 11.8 Å². The van der Waals surface area contributed by atoms with Gasteiger partial charge in [0, 0.05) is 15.2 Å². The van der Waals surface area contributed by atoms with Gasteiger partial charge in [-0.25, -0.2) is 0 Å². The minimum Gasteiger partial charge on any atom is -0.324 e. The third-order valence-electron chi connectivity index (χ3n) is 4.48. The number of nitrogens with one attached hydrogen (secondary N) is 1. The number of allylic oxidation sites excluding steroid dienone is 2. The Morgan fingerprint density at radius 3 is 2.54 bits per heavy atom. The lowest BCUT2D eigenvalue weighted by molar-refractivity contribution is -0.146. The van der Waals surface area contributed by atoms with Gasteiger partial charge >= 0.3 is 0 Å². The molecular weight excluding hydrogens is 396 g/mol. The molecule has 5 nitrogen and oxygen atoms in total. The molecule has 0 saturated carbocycles. The molecule has 3 amide bonds. The summed E-state index contributed by atoms with van der Waals surface area (Å²) in [6, 6.07) is 6.22. The van der Waals surface area contributed by atoms with Crippen LogP contribution in [0.25, 0.3) is 0 Å². The Bertz CT molecular complexity index is 732. The number of fused-ring (bicyclic) bond motifs is 1. The van der Waals surface area contributed by atoms with E-state index in [0.717, 1.165) is 9.37 Å². The molecule has 0 aromatic heterocycles. The van der Waals surface area contributed by atoms with Crippen molar-refractivity contribution in [3.8, 4) is 0 Å². The fourth-order valence-electron chi connectivity index (χ4n) is 3.13. The number of anilines is 1. The molecule has 0 spiro atoms. The Morgan fingerprint density at radius 1 is 1.25 bits per heavy atom. The van der Waals surface area contributed by atoms with E-state index >= 15 is 0 Å². The quantitative estimate of drug-likeness (QED) is 0.776. The van der Waals surface area contributed by atoms with Crippen molar-refractivity contribution in [1.82, 2.24) is 4.90 Å². The van der Waals surface area contributed by atoms with E-state index in [1.54, 1.807) is 37.3 Å². The topological polar surface area (TPSA) is 66.5 Å². The maximum atomic E-state index is 12.6. The van der Waals surface area contributed by atoms with Gasteiger partial charge in [0.25, 0.3) is 0 Å². The number of hydrogen-bond donors (Lipinski definition) is 1. The fourth-order valence-corrected chi connectivity index (χ4v) is 3.65. The highest BCUT2D eigenvalue weighted by atomic mass is 79.9. The minimum atomic E-state index is -0.863. The van der Waals surface area contributed by atoms with E-state index in [4.69, 9.17) is 11.6 Å². The van der Waals surface area contributed by atoms with Gasteiger partial charge in [-0.1, -0.05) is 33.6 Å². The summed E-state index contributed by atoms with van der Waals surface area (Å²) in [7, 11) is 0. The van der Waals surface area contributed by atoms with Crippen molar-refractivity contribution in [2.24, 2.45) is 11.8 Å². The molecule has 0 unspecified atom stereocenters. The Balaban J connectivity index is 1.74. The summed E-state index contributed by atoms with van der Waals surface area (Å²) in [6.45, 7) is 1.57. The lowest BCUT2D eigenvalue weighted by Gasteiger charge is -2.22. The number of carbonyl (C=O) groups is 3. The highest BCUT2D eigenvalue weighted by Gasteiger charge is 2.51. The van der Waals surface area contributed by atoms with Crippen molar-refractivity contribution in [1.29, 1.82) is 0 Å². The first-order chi connectivity index (χ1) is 11.4. The number of rotatable bonds is 3. The molecule has 1 saturated heterocycles. The molecule has 1 aromatic carbocycles. The van der Waals surface area contributed by atoms with Crippen molar-refractivity contribution in [3.05, 3.63) is 39.8 Å². The average molecular weight is 412 g/mol. The number of nitrogens with zero attached hydrogens (tertiary/aromatic N) is 1. The van der Waals surface area contributed by atoms with E-state index in [9.17, 15) is 14.4 Å². The molecule has 7 heteroatoms. The van der Waals surface area contributed by atoms with Crippen molar-refractivity contribution in [3.63, 3.8) is 0 Å². The normalized spacial score (nSPS) is 24.5. The maximum Gasteiger partial charge on any atom is 0.247 e. The fraction of sp³-hybridized carbons (Fsp3) is 0.353. The largest absolute Gasteiger partial charge is 0.324 e. The van der Waals surface area contributed by atoms with Gasteiger partial charge in [-0.15, -0.1) is 0 Å². The number of benzene rings is 1. The van der Waals surface area contributed by atoms with Crippen molar-refractivity contribution in [2.45, 2.75) is 25.8 Å². The standard InChI is InChI=1S/C17H16BrClN2O3/c1-9(15(22)20-12-5-2-10(18)3-6-12)21-16(23)13-7-4-11(19)8-14(13)17(21)24/h2-6,9,13-14H,7-8H2,1H3,(H,20,22)/t9-,13-,14-/m1/s1. The second-order valence-corrected chi connectivity index (χ2v) is 7.42. The van der Waals surface area contributed by atoms with Crippen LogP contribution >= 0.6 is 27.5 Å². The SMILES string of the molecule is C[C@H](C(=O)Nc1ccc(Br)cc1)N1C(=O)[C@@H]2CC=C(Cl)C[C@H]2C1=O. The summed E-state index contributed by atoms with van der Waals surface area (Å²) < 4.78 is 0.895. The Morgan fingerprint density at radius 2 is 1.88 bits per heavy atom. The highest BCUT2D eigenvalue weighted by molar-refractivity contribution is 9.10. The second kappa shape index (κ2) is 6.69. The van der Waals surface area contributed by atoms with Gasteiger partial charge in [-0.2, -0.15) is 0 Å². The van der Waals surface area contributed by atoms with Crippen LogP contribution in [0.2, 0.25) is 0 Å². The molecule has 0 bridgehead atoms.